The van der Waals surface area contributed by atoms with Gasteiger partial charge in [0.25, 0.3) is 0 Å². The van der Waals surface area contributed by atoms with Gasteiger partial charge in [-0.15, -0.1) is 0 Å². The zero-order valence-electron chi connectivity index (χ0n) is 23.2. The number of hydrogen-bond donors (Lipinski definition) is 2. The zero-order chi connectivity index (χ0) is 27.5. The number of benzene rings is 2. The lowest BCUT2D eigenvalue weighted by atomic mass is 9.88. The van der Waals surface area contributed by atoms with E-state index in [1.54, 1.807) is 14.2 Å². The summed E-state index contributed by atoms with van der Waals surface area (Å²) < 4.78 is 10.9. The van der Waals surface area contributed by atoms with Crippen LogP contribution < -0.4 is 9.47 Å². The molecule has 0 spiro atoms. The van der Waals surface area contributed by atoms with E-state index in [0.717, 1.165) is 62.1 Å². The predicted octanol–water partition coefficient (Wildman–Crippen LogP) is 4.92. The maximum Gasteiger partial charge on any atom is 0.307 e. The van der Waals surface area contributed by atoms with Gasteiger partial charge in [0.05, 0.1) is 26.7 Å². The number of nitrogens with zero attached hydrogens (tertiary/aromatic N) is 2. The first kappa shape index (κ1) is 27.1. The van der Waals surface area contributed by atoms with E-state index in [0.29, 0.717) is 36.9 Å². The molecule has 0 radical (unpaired) electrons. The molecule has 39 heavy (non-hydrogen) atoms. The molecule has 0 aliphatic carbocycles. The number of fused-ring (bicyclic) bond motifs is 1. The van der Waals surface area contributed by atoms with Gasteiger partial charge >= 0.3 is 5.97 Å². The fourth-order valence-electron chi connectivity index (χ4n) is 6.28. The Kier molecular flexibility index (Phi) is 8.12. The normalized spacial score (nSPS) is 18.8. The molecule has 2 aliphatic rings. The van der Waals surface area contributed by atoms with Crippen LogP contribution in [0.25, 0.3) is 22.2 Å². The lowest BCUT2D eigenvalue weighted by Gasteiger charge is -2.35. The van der Waals surface area contributed by atoms with Crippen molar-refractivity contribution in [2.24, 2.45) is 5.92 Å². The van der Waals surface area contributed by atoms with Crippen molar-refractivity contribution in [1.82, 2.24) is 14.8 Å². The van der Waals surface area contributed by atoms with Gasteiger partial charge in [-0.2, -0.15) is 0 Å². The van der Waals surface area contributed by atoms with Gasteiger partial charge in [-0.1, -0.05) is 13.0 Å². The molecule has 208 valence electrons. The molecule has 2 saturated heterocycles. The Balaban J connectivity index is 1.27. The summed E-state index contributed by atoms with van der Waals surface area (Å²) in [7, 11) is 3.30. The number of amides is 1. The second-order valence-electron chi connectivity index (χ2n) is 10.8. The maximum atomic E-state index is 13.0. The van der Waals surface area contributed by atoms with Gasteiger partial charge in [-0.3, -0.25) is 14.5 Å². The van der Waals surface area contributed by atoms with E-state index in [1.807, 2.05) is 21.9 Å². The van der Waals surface area contributed by atoms with Gasteiger partial charge in [-0.05, 0) is 86.0 Å². The van der Waals surface area contributed by atoms with Crippen molar-refractivity contribution >= 4 is 22.8 Å². The molecule has 0 bridgehead atoms. The number of aliphatic carboxylic acids is 1. The topological polar surface area (TPSA) is 95.1 Å². The summed E-state index contributed by atoms with van der Waals surface area (Å²) in [5.74, 6) is 0.834. The molecule has 8 heteroatoms. The van der Waals surface area contributed by atoms with Gasteiger partial charge in [-0.25, -0.2) is 0 Å². The molecule has 3 heterocycles. The number of methoxy groups -OCH3 is 2. The molecule has 2 N–H and O–H groups in total. The third-order valence-electron chi connectivity index (χ3n) is 8.49. The van der Waals surface area contributed by atoms with Crippen LogP contribution in [0.4, 0.5) is 0 Å². The van der Waals surface area contributed by atoms with Crippen molar-refractivity contribution in [1.29, 1.82) is 0 Å². The van der Waals surface area contributed by atoms with Gasteiger partial charge in [0.15, 0.2) is 11.5 Å². The highest BCUT2D eigenvalue weighted by atomic mass is 16.5. The molecule has 2 fully saturated rings. The van der Waals surface area contributed by atoms with Crippen LogP contribution in [0.1, 0.15) is 49.7 Å². The van der Waals surface area contributed by atoms with Crippen molar-refractivity contribution in [3.8, 4) is 22.8 Å². The number of hydrogen-bond acceptors (Lipinski definition) is 5. The SMILES string of the molecule is CCc1c(-c2ccc(OC)c(OC)c2)[nH]c2ccc(C3CCN(C(=O)CN4CCCC(C(=O)O)C4)CC3)cc12. The van der Waals surface area contributed by atoms with Gasteiger partial charge < -0.3 is 24.5 Å². The minimum absolute atomic E-state index is 0.119. The van der Waals surface area contributed by atoms with Gasteiger partial charge in [0.1, 0.15) is 0 Å². The molecule has 2 aromatic carbocycles. The molecule has 0 saturated carbocycles. The van der Waals surface area contributed by atoms with Crippen LogP contribution in [-0.2, 0) is 16.0 Å². The van der Waals surface area contributed by atoms with E-state index in [1.165, 1.54) is 16.5 Å². The summed E-state index contributed by atoms with van der Waals surface area (Å²) in [5, 5.41) is 10.6. The smallest absolute Gasteiger partial charge is 0.307 e. The number of aryl methyl sites for hydroxylation is 1. The van der Waals surface area contributed by atoms with Crippen LogP contribution in [0.2, 0.25) is 0 Å². The summed E-state index contributed by atoms with van der Waals surface area (Å²) in [6.45, 7) is 5.25. The molecular formula is C31H39N3O5. The molecule has 8 nitrogen and oxygen atoms in total. The van der Waals surface area contributed by atoms with Crippen LogP contribution in [0.3, 0.4) is 0 Å². The number of piperidine rings is 2. The number of ether oxygens (including phenoxy) is 2. The molecule has 1 atom stereocenters. The average Bonchev–Trinajstić information content (AvgIpc) is 3.34. The molecular weight excluding hydrogens is 494 g/mol. The zero-order valence-corrected chi connectivity index (χ0v) is 23.2. The quantitative estimate of drug-likeness (QED) is 0.427. The lowest BCUT2D eigenvalue weighted by Crippen LogP contribution is -2.47. The van der Waals surface area contributed by atoms with Crippen molar-refractivity contribution in [2.45, 2.75) is 44.9 Å². The number of H-pyrrole nitrogens is 1. The number of aromatic nitrogens is 1. The summed E-state index contributed by atoms with van der Waals surface area (Å²) in [4.78, 5) is 32.0. The first-order chi connectivity index (χ1) is 18.9. The summed E-state index contributed by atoms with van der Waals surface area (Å²) >= 11 is 0. The largest absolute Gasteiger partial charge is 0.493 e. The second kappa shape index (κ2) is 11.7. The number of carbonyl (C=O) groups is 2. The molecule has 3 aromatic rings. The first-order valence-corrected chi connectivity index (χ1v) is 14.0. The number of rotatable bonds is 8. The molecule has 5 rings (SSSR count). The highest BCUT2D eigenvalue weighted by molar-refractivity contribution is 5.91. The standard InChI is InChI=1S/C31H39N3O5/c1-4-24-25-16-21(7-9-26(25)32-30(24)22-8-10-27(38-2)28(17-22)39-3)20-11-14-34(15-12-20)29(35)19-33-13-5-6-23(18-33)31(36)37/h7-10,16-17,20,23,32H,4-6,11-15,18-19H2,1-3H3,(H,36,37). The number of carboxylic acid groups (broad SMARTS) is 1. The van der Waals surface area contributed by atoms with Gasteiger partial charge in [0.2, 0.25) is 5.91 Å². The number of aromatic amines is 1. The minimum Gasteiger partial charge on any atom is -0.493 e. The summed E-state index contributed by atoms with van der Waals surface area (Å²) in [6.07, 6.45) is 4.31. The Morgan fingerprint density at radius 3 is 2.46 bits per heavy atom. The monoisotopic (exact) mass is 533 g/mol. The maximum absolute atomic E-state index is 13.0. The van der Waals surface area contributed by atoms with Crippen LogP contribution in [0.15, 0.2) is 36.4 Å². The fourth-order valence-corrected chi connectivity index (χ4v) is 6.28. The van der Waals surface area contributed by atoms with Crippen molar-refractivity contribution in [2.75, 3.05) is 46.9 Å². The highest BCUT2D eigenvalue weighted by Crippen LogP contribution is 2.38. The number of nitrogens with one attached hydrogen (secondary N) is 1. The third kappa shape index (κ3) is 5.62. The Hall–Kier alpha value is -3.52. The number of carboxylic acids is 1. The minimum atomic E-state index is -0.755. The van der Waals surface area contributed by atoms with E-state index >= 15 is 0 Å². The Labute approximate surface area is 229 Å². The van der Waals surface area contributed by atoms with Crippen LogP contribution in [-0.4, -0.2) is 78.7 Å². The summed E-state index contributed by atoms with van der Waals surface area (Å²) in [5.41, 5.74) is 5.90. The van der Waals surface area contributed by atoms with Crippen LogP contribution in [0.5, 0.6) is 11.5 Å². The van der Waals surface area contributed by atoms with Gasteiger partial charge in [0, 0.05) is 41.8 Å². The molecule has 2 aliphatic heterocycles. The van der Waals surface area contributed by atoms with Crippen molar-refractivity contribution in [3.05, 3.63) is 47.5 Å². The Bertz CT molecular complexity index is 1340. The second-order valence-corrected chi connectivity index (χ2v) is 10.8. The Morgan fingerprint density at radius 2 is 1.77 bits per heavy atom. The van der Waals surface area contributed by atoms with E-state index in [2.05, 4.69) is 36.2 Å². The van der Waals surface area contributed by atoms with Crippen molar-refractivity contribution in [3.63, 3.8) is 0 Å². The predicted molar refractivity (Wildman–Crippen MR) is 152 cm³/mol. The van der Waals surface area contributed by atoms with E-state index in [-0.39, 0.29) is 11.8 Å². The van der Waals surface area contributed by atoms with E-state index in [9.17, 15) is 14.7 Å². The van der Waals surface area contributed by atoms with Crippen LogP contribution >= 0.6 is 0 Å². The van der Waals surface area contributed by atoms with E-state index < -0.39 is 5.97 Å². The fraction of sp³-hybridized carbons (Fsp3) is 0.484. The lowest BCUT2D eigenvalue weighted by molar-refractivity contribution is -0.145. The third-order valence-corrected chi connectivity index (χ3v) is 8.49. The Morgan fingerprint density at radius 1 is 1.00 bits per heavy atom. The first-order valence-electron chi connectivity index (χ1n) is 14.0. The van der Waals surface area contributed by atoms with E-state index in [4.69, 9.17) is 9.47 Å². The average molecular weight is 534 g/mol. The number of likely N-dealkylation sites (tertiary alicyclic amines) is 2. The molecule has 1 amide bonds. The highest BCUT2D eigenvalue weighted by Gasteiger charge is 2.29. The summed E-state index contributed by atoms with van der Waals surface area (Å²) in [6, 6.07) is 12.7. The van der Waals surface area contributed by atoms with Crippen molar-refractivity contribution < 1.29 is 24.2 Å². The number of carbonyl (C=O) groups excluding carboxylic acids is 1. The molecule has 1 aromatic heterocycles. The van der Waals surface area contributed by atoms with Crippen LogP contribution in [0, 0.1) is 5.92 Å². The molecule has 1 unspecified atom stereocenters.